The number of aromatic nitrogens is 3. The molecule has 16 heavy (non-hydrogen) atoms. The number of hydrogen-bond donors (Lipinski definition) is 1. The Kier molecular flexibility index (Phi) is 3.19. The fraction of sp³-hybridized carbons (Fsp3) is 0.333. The third kappa shape index (κ3) is 2.39. The molecule has 2 aromatic rings. The zero-order valence-electron chi connectivity index (χ0n) is 9.64. The van der Waals surface area contributed by atoms with Crippen molar-refractivity contribution in [2.45, 2.75) is 20.4 Å². The first-order valence-electron chi connectivity index (χ1n) is 5.47. The number of anilines is 1. The van der Waals surface area contributed by atoms with Crippen LogP contribution in [0, 0.1) is 6.92 Å². The Morgan fingerprint density at radius 3 is 2.88 bits per heavy atom. The van der Waals surface area contributed by atoms with Crippen LogP contribution >= 0.6 is 0 Å². The van der Waals surface area contributed by atoms with Gasteiger partial charge >= 0.3 is 0 Å². The first kappa shape index (κ1) is 10.7. The van der Waals surface area contributed by atoms with E-state index in [1.165, 1.54) is 0 Å². The monoisotopic (exact) mass is 216 g/mol. The van der Waals surface area contributed by atoms with Gasteiger partial charge in [0.1, 0.15) is 0 Å². The molecule has 2 heterocycles. The smallest absolute Gasteiger partial charge is 0.0835 e. The lowest BCUT2D eigenvalue weighted by atomic mass is 10.3. The van der Waals surface area contributed by atoms with Gasteiger partial charge in [-0.15, -0.1) is 0 Å². The van der Waals surface area contributed by atoms with Crippen LogP contribution in [0.3, 0.4) is 0 Å². The van der Waals surface area contributed by atoms with Gasteiger partial charge in [0.05, 0.1) is 12.2 Å². The van der Waals surface area contributed by atoms with Gasteiger partial charge in [0.2, 0.25) is 0 Å². The van der Waals surface area contributed by atoms with E-state index in [9.17, 15) is 0 Å². The molecule has 0 unspecified atom stereocenters. The summed E-state index contributed by atoms with van der Waals surface area (Å²) in [6.07, 6.45) is 3.63. The zero-order chi connectivity index (χ0) is 11.4. The van der Waals surface area contributed by atoms with Crippen LogP contribution in [-0.2, 0) is 6.54 Å². The fourth-order valence-corrected chi connectivity index (χ4v) is 1.60. The van der Waals surface area contributed by atoms with Crippen LogP contribution in [0.1, 0.15) is 18.3 Å². The summed E-state index contributed by atoms with van der Waals surface area (Å²) in [6.45, 7) is 5.77. The first-order valence-corrected chi connectivity index (χ1v) is 5.47. The normalized spacial score (nSPS) is 10.4. The predicted octanol–water partition coefficient (Wildman–Crippen LogP) is 2.07. The third-order valence-corrected chi connectivity index (χ3v) is 2.44. The van der Waals surface area contributed by atoms with Crippen molar-refractivity contribution in [3.63, 3.8) is 0 Å². The highest BCUT2D eigenvalue weighted by Crippen LogP contribution is 2.09. The second kappa shape index (κ2) is 4.79. The minimum atomic E-state index is 0.720. The topological polar surface area (TPSA) is 42.7 Å². The lowest BCUT2D eigenvalue weighted by Crippen LogP contribution is -2.06. The van der Waals surface area contributed by atoms with Gasteiger partial charge in [0, 0.05) is 30.3 Å². The van der Waals surface area contributed by atoms with E-state index in [2.05, 4.69) is 28.4 Å². The van der Waals surface area contributed by atoms with Crippen LogP contribution in [0.2, 0.25) is 0 Å². The van der Waals surface area contributed by atoms with E-state index in [0.29, 0.717) is 0 Å². The molecule has 0 aliphatic rings. The molecule has 4 heteroatoms. The molecule has 0 amide bonds. The maximum atomic E-state index is 4.34. The second-order valence-electron chi connectivity index (χ2n) is 3.70. The van der Waals surface area contributed by atoms with Crippen molar-refractivity contribution in [2.75, 3.05) is 11.9 Å². The fourth-order valence-electron chi connectivity index (χ4n) is 1.60. The number of rotatable bonds is 4. The molecule has 0 aliphatic carbocycles. The van der Waals surface area contributed by atoms with E-state index in [1.807, 2.05) is 36.1 Å². The minimum absolute atomic E-state index is 0.720. The molecule has 4 nitrogen and oxygen atoms in total. The molecule has 0 radical (unpaired) electrons. The first-order chi connectivity index (χ1) is 7.79. The highest BCUT2D eigenvalue weighted by Gasteiger charge is 2.01. The van der Waals surface area contributed by atoms with Crippen LogP contribution in [0.25, 0.3) is 0 Å². The molecule has 0 fully saturated rings. The quantitative estimate of drug-likeness (QED) is 0.850. The van der Waals surface area contributed by atoms with Crippen molar-refractivity contribution in [2.24, 2.45) is 0 Å². The summed E-state index contributed by atoms with van der Waals surface area (Å²) in [5.41, 5.74) is 3.28. The van der Waals surface area contributed by atoms with Crippen LogP contribution in [0.5, 0.6) is 0 Å². The summed E-state index contributed by atoms with van der Waals surface area (Å²) in [5, 5.41) is 7.52. The molecule has 0 aliphatic heterocycles. The summed E-state index contributed by atoms with van der Waals surface area (Å²) in [5.74, 6) is 0. The Morgan fingerprint density at radius 1 is 1.31 bits per heavy atom. The van der Waals surface area contributed by atoms with Gasteiger partial charge < -0.3 is 5.32 Å². The maximum Gasteiger partial charge on any atom is 0.0835 e. The Balaban J connectivity index is 2.15. The van der Waals surface area contributed by atoms with Gasteiger partial charge in [-0.1, -0.05) is 0 Å². The van der Waals surface area contributed by atoms with E-state index in [4.69, 9.17) is 0 Å². The van der Waals surface area contributed by atoms with Crippen LogP contribution in [0.4, 0.5) is 5.69 Å². The minimum Gasteiger partial charge on any atom is -0.385 e. The predicted molar refractivity (Wildman–Crippen MR) is 64.5 cm³/mol. The van der Waals surface area contributed by atoms with Gasteiger partial charge in [-0.25, -0.2) is 0 Å². The summed E-state index contributed by atoms with van der Waals surface area (Å²) in [7, 11) is 0. The van der Waals surface area contributed by atoms with E-state index in [-0.39, 0.29) is 0 Å². The van der Waals surface area contributed by atoms with E-state index >= 15 is 0 Å². The van der Waals surface area contributed by atoms with Crippen LogP contribution in [0.15, 0.2) is 30.6 Å². The molecule has 0 atom stereocenters. The van der Waals surface area contributed by atoms with Gasteiger partial charge in [-0.3, -0.25) is 9.67 Å². The van der Waals surface area contributed by atoms with Gasteiger partial charge in [0.25, 0.3) is 0 Å². The average Bonchev–Trinajstić information content (AvgIpc) is 2.66. The van der Waals surface area contributed by atoms with Gasteiger partial charge in [0.15, 0.2) is 0 Å². The van der Waals surface area contributed by atoms with Crippen molar-refractivity contribution in [3.8, 4) is 0 Å². The lowest BCUT2D eigenvalue weighted by molar-refractivity contribution is 0.652. The summed E-state index contributed by atoms with van der Waals surface area (Å²) in [6, 6.07) is 6.03. The molecule has 2 rings (SSSR count). The van der Waals surface area contributed by atoms with Crippen molar-refractivity contribution in [3.05, 3.63) is 42.0 Å². The van der Waals surface area contributed by atoms with Crippen molar-refractivity contribution in [1.82, 2.24) is 14.8 Å². The Morgan fingerprint density at radius 2 is 2.19 bits per heavy atom. The van der Waals surface area contributed by atoms with E-state index in [0.717, 1.165) is 30.2 Å². The van der Waals surface area contributed by atoms with Crippen LogP contribution < -0.4 is 5.32 Å². The Labute approximate surface area is 95.3 Å². The average molecular weight is 216 g/mol. The van der Waals surface area contributed by atoms with Gasteiger partial charge in [-0.2, -0.15) is 5.10 Å². The number of aryl methyl sites for hydroxylation is 1. The third-order valence-electron chi connectivity index (χ3n) is 2.44. The number of pyridine rings is 1. The summed E-state index contributed by atoms with van der Waals surface area (Å²) >= 11 is 0. The highest BCUT2D eigenvalue weighted by molar-refractivity contribution is 5.42. The largest absolute Gasteiger partial charge is 0.385 e. The van der Waals surface area contributed by atoms with E-state index in [1.54, 1.807) is 0 Å². The zero-order valence-corrected chi connectivity index (χ0v) is 9.64. The molecule has 2 aromatic heterocycles. The molecule has 0 bridgehead atoms. The summed E-state index contributed by atoms with van der Waals surface area (Å²) in [4.78, 5) is 4.34. The Bertz CT molecular complexity index is 462. The van der Waals surface area contributed by atoms with E-state index < -0.39 is 0 Å². The standard InChI is InChI=1S/C12H16N4/c1-3-13-11-5-6-14-12(8-11)9-16-10(2)4-7-15-16/h4-8H,3,9H2,1-2H3,(H,13,14). The van der Waals surface area contributed by atoms with Gasteiger partial charge in [-0.05, 0) is 32.0 Å². The number of hydrogen-bond acceptors (Lipinski definition) is 3. The van der Waals surface area contributed by atoms with Crippen molar-refractivity contribution in [1.29, 1.82) is 0 Å². The molecule has 84 valence electrons. The molecule has 0 aromatic carbocycles. The second-order valence-corrected chi connectivity index (χ2v) is 3.70. The number of nitrogens with zero attached hydrogens (tertiary/aromatic N) is 3. The van der Waals surface area contributed by atoms with Crippen molar-refractivity contribution < 1.29 is 0 Å². The SMILES string of the molecule is CCNc1ccnc(Cn2nccc2C)c1. The molecule has 1 N–H and O–H groups in total. The summed E-state index contributed by atoms with van der Waals surface area (Å²) < 4.78 is 1.94. The lowest BCUT2D eigenvalue weighted by Gasteiger charge is -2.07. The van der Waals surface area contributed by atoms with Crippen molar-refractivity contribution >= 4 is 5.69 Å². The number of nitrogens with one attached hydrogen (secondary N) is 1. The molecular formula is C12H16N4. The molecule has 0 saturated heterocycles. The maximum absolute atomic E-state index is 4.34. The Hall–Kier alpha value is -1.84. The highest BCUT2D eigenvalue weighted by atomic mass is 15.3. The molecule has 0 saturated carbocycles. The van der Waals surface area contributed by atoms with Crippen LogP contribution in [-0.4, -0.2) is 21.3 Å². The molecule has 0 spiro atoms. The molecular weight excluding hydrogens is 200 g/mol.